The highest BCUT2D eigenvalue weighted by molar-refractivity contribution is 5.92. The molecule has 0 radical (unpaired) electrons. The molecule has 0 aliphatic carbocycles. The van der Waals surface area contributed by atoms with Crippen molar-refractivity contribution in [2.45, 2.75) is 46.2 Å². The fourth-order valence-electron chi connectivity index (χ4n) is 2.76. The molecule has 0 fully saturated rings. The molecule has 4 nitrogen and oxygen atoms in total. The lowest BCUT2D eigenvalue weighted by Crippen LogP contribution is -2.44. The van der Waals surface area contributed by atoms with Gasteiger partial charge in [0.25, 0.3) is 0 Å². The zero-order valence-corrected chi connectivity index (χ0v) is 13.2. The van der Waals surface area contributed by atoms with Crippen LogP contribution in [0.15, 0.2) is 37.1 Å². The molecule has 0 saturated carbocycles. The lowest BCUT2D eigenvalue weighted by atomic mass is 10.1. The number of amides is 1. The number of allylic oxidation sites excluding steroid dienone is 1. The van der Waals surface area contributed by atoms with E-state index >= 15 is 0 Å². The molecule has 0 aliphatic rings. The van der Waals surface area contributed by atoms with Crippen LogP contribution in [-0.2, 0) is 6.42 Å². The Labute approximate surface area is 126 Å². The van der Waals surface area contributed by atoms with Crippen LogP contribution in [0, 0.1) is 0 Å². The van der Waals surface area contributed by atoms with Crippen LogP contribution in [0.3, 0.4) is 0 Å². The van der Waals surface area contributed by atoms with Gasteiger partial charge in [-0.25, -0.2) is 4.79 Å². The van der Waals surface area contributed by atoms with E-state index in [0.29, 0.717) is 0 Å². The molecule has 1 amide bonds. The molecule has 0 bridgehead atoms. The molecule has 0 atom stereocenters. The quantitative estimate of drug-likeness (QED) is 0.800. The maximum absolute atomic E-state index is 12.9. The van der Waals surface area contributed by atoms with Crippen molar-refractivity contribution in [3.63, 3.8) is 0 Å². The molecule has 0 unspecified atom stereocenters. The first-order chi connectivity index (χ1) is 9.97. The van der Waals surface area contributed by atoms with Gasteiger partial charge in [0.1, 0.15) is 0 Å². The van der Waals surface area contributed by atoms with Crippen LogP contribution in [0.1, 0.15) is 33.3 Å². The third kappa shape index (κ3) is 2.84. The SMILES string of the molecule is C=CCc1cccc2cnn(C(=O)N(C(C)C)C(C)C)c12. The van der Waals surface area contributed by atoms with Gasteiger partial charge in [-0.2, -0.15) is 9.78 Å². The van der Waals surface area contributed by atoms with E-state index in [2.05, 4.69) is 11.7 Å². The predicted octanol–water partition coefficient (Wildman–Crippen LogP) is 3.85. The summed E-state index contributed by atoms with van der Waals surface area (Å²) in [6.45, 7) is 11.9. The number of nitrogens with zero attached hydrogens (tertiary/aromatic N) is 3. The minimum Gasteiger partial charge on any atom is -0.318 e. The highest BCUT2D eigenvalue weighted by Gasteiger charge is 2.24. The van der Waals surface area contributed by atoms with E-state index in [9.17, 15) is 4.79 Å². The topological polar surface area (TPSA) is 38.1 Å². The van der Waals surface area contributed by atoms with Crippen LogP contribution in [-0.4, -0.2) is 32.8 Å². The Morgan fingerprint density at radius 3 is 2.57 bits per heavy atom. The molecule has 2 rings (SSSR count). The van der Waals surface area contributed by atoms with Crippen molar-refractivity contribution in [3.05, 3.63) is 42.6 Å². The number of rotatable bonds is 4. The first-order valence-electron chi connectivity index (χ1n) is 7.36. The van der Waals surface area contributed by atoms with Crippen molar-refractivity contribution in [1.29, 1.82) is 0 Å². The van der Waals surface area contributed by atoms with Crippen molar-refractivity contribution in [3.8, 4) is 0 Å². The number of benzene rings is 1. The maximum atomic E-state index is 12.9. The summed E-state index contributed by atoms with van der Waals surface area (Å²) in [4.78, 5) is 14.7. The van der Waals surface area contributed by atoms with Gasteiger partial charge in [0, 0.05) is 17.5 Å². The van der Waals surface area contributed by atoms with E-state index in [-0.39, 0.29) is 18.1 Å². The third-order valence-corrected chi connectivity index (χ3v) is 3.55. The number of aromatic nitrogens is 2. The van der Waals surface area contributed by atoms with E-state index in [0.717, 1.165) is 22.9 Å². The van der Waals surface area contributed by atoms with Crippen LogP contribution in [0.5, 0.6) is 0 Å². The fraction of sp³-hybridized carbons (Fsp3) is 0.412. The summed E-state index contributed by atoms with van der Waals surface area (Å²) in [6, 6.07) is 6.16. The zero-order chi connectivity index (χ0) is 15.6. The van der Waals surface area contributed by atoms with Gasteiger partial charge >= 0.3 is 6.03 Å². The summed E-state index contributed by atoms with van der Waals surface area (Å²) in [5.74, 6) is 0. The van der Waals surface area contributed by atoms with Gasteiger partial charge in [-0.15, -0.1) is 6.58 Å². The highest BCUT2D eigenvalue weighted by atomic mass is 16.2. The van der Waals surface area contributed by atoms with Crippen LogP contribution < -0.4 is 0 Å². The Morgan fingerprint density at radius 1 is 1.33 bits per heavy atom. The molecular weight excluding hydrogens is 262 g/mol. The molecule has 0 aliphatic heterocycles. The highest BCUT2D eigenvalue weighted by Crippen LogP contribution is 2.21. The zero-order valence-electron chi connectivity index (χ0n) is 13.2. The largest absolute Gasteiger partial charge is 0.345 e. The van der Waals surface area contributed by atoms with Gasteiger partial charge in [0.15, 0.2) is 0 Å². The van der Waals surface area contributed by atoms with Crippen LogP contribution in [0.2, 0.25) is 0 Å². The van der Waals surface area contributed by atoms with Gasteiger partial charge < -0.3 is 4.90 Å². The molecule has 0 N–H and O–H groups in total. The van der Waals surface area contributed by atoms with E-state index in [1.165, 1.54) is 4.68 Å². The van der Waals surface area contributed by atoms with Gasteiger partial charge in [-0.05, 0) is 39.7 Å². The molecule has 112 valence electrons. The second-order valence-corrected chi connectivity index (χ2v) is 5.78. The van der Waals surface area contributed by atoms with Crippen LogP contribution >= 0.6 is 0 Å². The summed E-state index contributed by atoms with van der Waals surface area (Å²) < 4.78 is 1.52. The summed E-state index contributed by atoms with van der Waals surface area (Å²) in [5, 5.41) is 5.30. The lowest BCUT2D eigenvalue weighted by Gasteiger charge is -2.30. The van der Waals surface area contributed by atoms with Crippen molar-refractivity contribution in [1.82, 2.24) is 14.7 Å². The number of carbonyl (C=O) groups excluding carboxylic acids is 1. The van der Waals surface area contributed by atoms with Crippen molar-refractivity contribution < 1.29 is 4.79 Å². The molecule has 4 heteroatoms. The average Bonchev–Trinajstić information content (AvgIpc) is 2.83. The monoisotopic (exact) mass is 285 g/mol. The summed E-state index contributed by atoms with van der Waals surface area (Å²) in [6.07, 6.45) is 4.32. The molecule has 0 spiro atoms. The van der Waals surface area contributed by atoms with Crippen LogP contribution in [0.4, 0.5) is 4.79 Å². The second kappa shape index (κ2) is 6.12. The van der Waals surface area contributed by atoms with Gasteiger partial charge in [-0.3, -0.25) is 0 Å². The predicted molar refractivity (Wildman–Crippen MR) is 86.5 cm³/mol. The first kappa shape index (κ1) is 15.3. The van der Waals surface area contributed by atoms with Crippen molar-refractivity contribution in [2.24, 2.45) is 0 Å². The van der Waals surface area contributed by atoms with E-state index in [1.54, 1.807) is 6.20 Å². The molecular formula is C17H23N3O. The Bertz CT molecular complexity index is 647. The number of hydrogen-bond donors (Lipinski definition) is 0. The Hall–Kier alpha value is -2.10. The minimum absolute atomic E-state index is 0.0773. The number of para-hydroxylation sites is 1. The minimum atomic E-state index is -0.0773. The lowest BCUT2D eigenvalue weighted by molar-refractivity contribution is 0.164. The molecule has 1 heterocycles. The van der Waals surface area contributed by atoms with E-state index < -0.39 is 0 Å². The van der Waals surface area contributed by atoms with Gasteiger partial charge in [0.05, 0.1) is 11.7 Å². The standard InChI is InChI=1S/C17H23N3O/c1-6-8-14-9-7-10-15-11-18-20(16(14)15)17(21)19(12(2)3)13(4)5/h6-7,9-13H,1,8H2,2-5H3. The Morgan fingerprint density at radius 2 is 2.00 bits per heavy atom. The maximum Gasteiger partial charge on any atom is 0.345 e. The normalized spacial score (nSPS) is 11.3. The second-order valence-electron chi connectivity index (χ2n) is 5.78. The molecule has 1 aromatic carbocycles. The van der Waals surface area contributed by atoms with E-state index in [4.69, 9.17) is 0 Å². The first-order valence-corrected chi connectivity index (χ1v) is 7.36. The van der Waals surface area contributed by atoms with Crippen LogP contribution in [0.25, 0.3) is 10.9 Å². The summed E-state index contributed by atoms with van der Waals surface area (Å²) in [7, 11) is 0. The number of hydrogen-bond acceptors (Lipinski definition) is 2. The molecule has 2 aromatic rings. The molecule has 1 aromatic heterocycles. The molecule has 0 saturated heterocycles. The Balaban J connectivity index is 2.55. The molecule has 21 heavy (non-hydrogen) atoms. The van der Waals surface area contributed by atoms with Gasteiger partial charge in [-0.1, -0.05) is 24.3 Å². The smallest absolute Gasteiger partial charge is 0.318 e. The van der Waals surface area contributed by atoms with E-state index in [1.807, 2.05) is 56.9 Å². The van der Waals surface area contributed by atoms with Crippen molar-refractivity contribution in [2.75, 3.05) is 0 Å². The average molecular weight is 285 g/mol. The van der Waals surface area contributed by atoms with Gasteiger partial charge in [0.2, 0.25) is 0 Å². The third-order valence-electron chi connectivity index (χ3n) is 3.55. The fourth-order valence-corrected chi connectivity index (χ4v) is 2.76. The number of carbonyl (C=O) groups is 1. The summed E-state index contributed by atoms with van der Waals surface area (Å²) >= 11 is 0. The number of fused-ring (bicyclic) bond motifs is 1. The summed E-state index contributed by atoms with van der Waals surface area (Å²) in [5.41, 5.74) is 1.95. The van der Waals surface area contributed by atoms with Crippen molar-refractivity contribution >= 4 is 16.9 Å². The Kier molecular flexibility index (Phi) is 4.46.